The van der Waals surface area contributed by atoms with Crippen LogP contribution in [0, 0.1) is 0 Å². The molecule has 0 unspecified atom stereocenters. The topological polar surface area (TPSA) is 565 Å². The maximum absolute atomic E-state index is 14.4. The average molecular weight is 1260 g/mol. The van der Waals surface area contributed by atoms with Gasteiger partial charge in [-0.25, -0.2) is 0 Å². The first-order valence-electron chi connectivity index (χ1n) is 27.1. The summed E-state index contributed by atoms with van der Waals surface area (Å²) in [6.45, 7) is -13.5. The van der Waals surface area contributed by atoms with E-state index in [9.17, 15) is 136 Å². The number of hydrogen-bond donors (Lipinski definition) is 21. The van der Waals surface area contributed by atoms with Crippen LogP contribution in [0.25, 0.3) is 0 Å². The van der Waals surface area contributed by atoms with Gasteiger partial charge in [-0.15, -0.1) is 0 Å². The number of aliphatic hydroxyl groups is 20. The molecule has 37 heteroatoms. The highest BCUT2D eigenvalue weighted by molar-refractivity contribution is 5.92. The standard InChI is InChI=1S/C49H96N10O27/c1-50-12-35(72)51(2)17-36(73)52(3)18-37(74)53(4)19-38(75)54(5)20-39(76)55(6)21-40(77)56(7)22-41(78)59(10-8-57(13-27(64)42(79)46(83)31(68)23-60)14-28(65)43(80)47(84)32(69)24-61)11-9-58(15-29(66)44(81)48(85)33(70)25-62)16-30(67)45(82)49(86)34(71)26-63/h27-34,42-50,60-71,79-86H,8-26H2,1-7H3/t27-,28-,29-,30-,31+,32+,33+,34+,42+,43+,44+,45+,46+,47+,48+,49+/m0/s1. The Bertz CT molecular complexity index is 1900. The summed E-state index contributed by atoms with van der Waals surface area (Å²) in [5, 5.41) is 207. The van der Waals surface area contributed by atoms with E-state index in [1.807, 2.05) is 0 Å². The lowest BCUT2D eigenvalue weighted by Gasteiger charge is -2.36. The SMILES string of the molecule is CNCC(=O)N(C)CC(=O)N(C)CC(=O)N(C)CC(=O)N(C)CC(=O)N(C)CC(=O)N(C)CC(=O)N(CCN(C[C@H](O)[C@@H](O)[C@H](O)[C@H](O)CO)C[C@H](O)[C@@H](O)[C@H](O)[C@H](O)CO)CCN(C[C@H](O)[C@@H](O)[C@H](O)[C@H](O)CO)C[C@H](O)[C@@H](O)[C@H](O)[C@H](O)CO. The van der Waals surface area contributed by atoms with E-state index in [0.717, 1.165) is 51.1 Å². The minimum atomic E-state index is -2.23. The Balaban J connectivity index is 6.92. The second-order valence-corrected chi connectivity index (χ2v) is 21.1. The maximum atomic E-state index is 14.4. The van der Waals surface area contributed by atoms with Crippen molar-refractivity contribution in [3.8, 4) is 0 Å². The lowest BCUT2D eigenvalue weighted by Crippen LogP contribution is -2.55. The quantitative estimate of drug-likeness (QED) is 0.0269. The van der Waals surface area contributed by atoms with Gasteiger partial charge < -0.3 is 142 Å². The second kappa shape index (κ2) is 40.8. The zero-order chi connectivity index (χ0) is 66.6. The van der Waals surface area contributed by atoms with E-state index in [2.05, 4.69) is 5.32 Å². The summed E-state index contributed by atoms with van der Waals surface area (Å²) < 4.78 is 0. The van der Waals surface area contributed by atoms with Gasteiger partial charge in [0.15, 0.2) is 0 Å². The second-order valence-electron chi connectivity index (χ2n) is 21.1. The summed E-state index contributed by atoms with van der Waals surface area (Å²) in [4.78, 5) is 101. The molecule has 21 N–H and O–H groups in total. The maximum Gasteiger partial charge on any atom is 0.242 e. The molecule has 0 fully saturated rings. The third-order valence-corrected chi connectivity index (χ3v) is 13.9. The highest BCUT2D eigenvalue weighted by atomic mass is 16.4. The predicted octanol–water partition coefficient (Wildman–Crippen LogP) is -16.9. The van der Waals surface area contributed by atoms with Gasteiger partial charge in [0, 0.05) is 94.6 Å². The van der Waals surface area contributed by atoms with Crippen molar-refractivity contribution in [2.45, 2.75) is 97.7 Å². The fourth-order valence-electron chi connectivity index (χ4n) is 7.88. The number of likely N-dealkylation sites (N-methyl/N-ethyl adjacent to an activating group) is 7. The first kappa shape index (κ1) is 81.4. The van der Waals surface area contributed by atoms with Gasteiger partial charge >= 0.3 is 0 Å². The zero-order valence-corrected chi connectivity index (χ0v) is 49.5. The molecule has 0 radical (unpaired) electrons. The van der Waals surface area contributed by atoms with E-state index < -0.39 is 245 Å². The molecular weight excluding hydrogens is 1160 g/mol. The normalized spacial score (nSPS) is 17.5. The Morgan fingerprint density at radius 1 is 0.291 bits per heavy atom. The summed E-state index contributed by atoms with van der Waals surface area (Å²) in [7, 11) is 9.09. The molecule has 0 aromatic rings. The van der Waals surface area contributed by atoms with Gasteiger partial charge in [0.2, 0.25) is 41.4 Å². The molecule has 16 atom stereocenters. The minimum Gasteiger partial charge on any atom is -0.394 e. The summed E-state index contributed by atoms with van der Waals surface area (Å²) >= 11 is 0. The third-order valence-electron chi connectivity index (χ3n) is 13.9. The van der Waals surface area contributed by atoms with Gasteiger partial charge in [-0.05, 0) is 7.05 Å². The van der Waals surface area contributed by atoms with Gasteiger partial charge in [-0.3, -0.25) is 43.4 Å². The number of carbonyl (C=O) groups is 7. The van der Waals surface area contributed by atoms with Crippen LogP contribution >= 0.6 is 0 Å². The van der Waals surface area contributed by atoms with Crippen LogP contribution in [-0.4, -0.2) is 459 Å². The molecule has 0 aromatic heterocycles. The molecule has 0 aromatic carbocycles. The van der Waals surface area contributed by atoms with Crippen molar-refractivity contribution in [3.05, 3.63) is 0 Å². The predicted molar refractivity (Wildman–Crippen MR) is 294 cm³/mol. The lowest BCUT2D eigenvalue weighted by atomic mass is 10.0. The van der Waals surface area contributed by atoms with E-state index in [-0.39, 0.29) is 19.0 Å². The number of nitrogens with zero attached hydrogens (tertiary/aromatic N) is 9. The first-order valence-corrected chi connectivity index (χ1v) is 27.1. The van der Waals surface area contributed by atoms with Crippen LogP contribution in [-0.2, 0) is 33.6 Å². The fraction of sp³-hybridized carbons (Fsp3) is 0.857. The van der Waals surface area contributed by atoms with E-state index in [0.29, 0.717) is 0 Å². The van der Waals surface area contributed by atoms with Gasteiger partial charge in [-0.1, -0.05) is 0 Å². The van der Waals surface area contributed by atoms with E-state index in [1.165, 1.54) is 35.2 Å². The van der Waals surface area contributed by atoms with Crippen LogP contribution in [0.4, 0.5) is 0 Å². The molecule has 0 bridgehead atoms. The summed E-state index contributed by atoms with van der Waals surface area (Å²) in [5.41, 5.74) is 0. The Labute approximate surface area is 497 Å². The molecule has 0 aliphatic rings. The Kier molecular flexibility index (Phi) is 38.6. The largest absolute Gasteiger partial charge is 0.394 e. The van der Waals surface area contributed by atoms with Gasteiger partial charge in [0.05, 0.1) is 96.7 Å². The fourth-order valence-corrected chi connectivity index (χ4v) is 7.88. The number of rotatable bonds is 44. The summed E-state index contributed by atoms with van der Waals surface area (Å²) in [5.74, 6) is -5.02. The average Bonchev–Trinajstić information content (AvgIpc) is 3.50. The van der Waals surface area contributed by atoms with Crippen molar-refractivity contribution >= 4 is 41.4 Å². The van der Waals surface area contributed by atoms with Gasteiger partial charge in [-0.2, -0.15) is 0 Å². The molecule has 37 nitrogen and oxygen atoms in total. The van der Waals surface area contributed by atoms with Gasteiger partial charge in [0.25, 0.3) is 0 Å². The zero-order valence-electron chi connectivity index (χ0n) is 49.5. The van der Waals surface area contributed by atoms with Crippen molar-refractivity contribution in [2.24, 2.45) is 0 Å². The molecule has 0 aliphatic carbocycles. The molecule has 0 saturated heterocycles. The van der Waals surface area contributed by atoms with E-state index in [4.69, 9.17) is 0 Å². The molecular formula is C49H96N10O27. The van der Waals surface area contributed by atoms with E-state index >= 15 is 0 Å². The van der Waals surface area contributed by atoms with Gasteiger partial charge in [0.1, 0.15) is 73.2 Å². The van der Waals surface area contributed by atoms with Crippen molar-refractivity contribution in [1.29, 1.82) is 0 Å². The van der Waals surface area contributed by atoms with Crippen LogP contribution < -0.4 is 5.32 Å². The number of hydrogen-bond acceptors (Lipinski definition) is 30. The molecule has 0 saturated carbocycles. The number of nitrogens with one attached hydrogen (secondary N) is 1. The molecule has 86 heavy (non-hydrogen) atoms. The van der Waals surface area contributed by atoms with Crippen molar-refractivity contribution in [2.75, 3.05) is 174 Å². The van der Waals surface area contributed by atoms with Crippen LogP contribution in [0.3, 0.4) is 0 Å². The molecule has 0 heterocycles. The molecule has 504 valence electrons. The Morgan fingerprint density at radius 3 is 0.674 bits per heavy atom. The molecule has 7 amide bonds. The summed E-state index contributed by atoms with van der Waals surface area (Å²) in [6.07, 6.45) is -33.9. The first-order chi connectivity index (χ1) is 40.0. The Hall–Kier alpha value is -4.63. The highest BCUT2D eigenvalue weighted by Crippen LogP contribution is 2.14. The molecule has 0 aliphatic heterocycles. The van der Waals surface area contributed by atoms with Crippen LogP contribution in [0.2, 0.25) is 0 Å². The summed E-state index contributed by atoms with van der Waals surface area (Å²) in [6, 6.07) is 0. The van der Waals surface area contributed by atoms with Crippen molar-refractivity contribution in [3.63, 3.8) is 0 Å². The number of amides is 7. The minimum absolute atomic E-state index is 0.0263. The van der Waals surface area contributed by atoms with Crippen LogP contribution in [0.1, 0.15) is 0 Å². The lowest BCUT2D eigenvalue weighted by molar-refractivity contribution is -0.146. The third kappa shape index (κ3) is 27.8. The Morgan fingerprint density at radius 2 is 0.477 bits per heavy atom. The number of carbonyl (C=O) groups excluding carboxylic acids is 7. The molecule has 0 rings (SSSR count). The van der Waals surface area contributed by atoms with Crippen LogP contribution in [0.15, 0.2) is 0 Å². The van der Waals surface area contributed by atoms with Crippen molar-refractivity contribution < 1.29 is 136 Å². The highest BCUT2D eigenvalue weighted by Gasteiger charge is 2.38. The van der Waals surface area contributed by atoms with E-state index in [1.54, 1.807) is 7.05 Å². The number of aliphatic hydroxyl groups excluding tert-OH is 20. The molecule has 0 spiro atoms. The van der Waals surface area contributed by atoms with Crippen LogP contribution in [0.5, 0.6) is 0 Å². The van der Waals surface area contributed by atoms with Crippen molar-refractivity contribution in [1.82, 2.24) is 49.4 Å². The smallest absolute Gasteiger partial charge is 0.242 e. The monoisotopic (exact) mass is 1260 g/mol.